The molecular weight excluding hydrogens is 374 g/mol. The highest BCUT2D eigenvalue weighted by molar-refractivity contribution is 7.92. The van der Waals surface area contributed by atoms with Crippen LogP contribution in [0.5, 0.6) is 0 Å². The van der Waals surface area contributed by atoms with Gasteiger partial charge < -0.3 is 15.5 Å². The second-order valence-corrected chi connectivity index (χ2v) is 10.7. The summed E-state index contributed by atoms with van der Waals surface area (Å²) in [6.07, 6.45) is 6.60. The topological polar surface area (TPSA) is 83.7 Å². The molecule has 0 spiro atoms. The molecule has 0 unspecified atom stereocenters. The molecule has 0 aromatic heterocycles. The third-order valence-electron chi connectivity index (χ3n) is 6.32. The Kier molecular flexibility index (Phi) is 6.65. The normalized spacial score (nSPS) is 24.2. The van der Waals surface area contributed by atoms with Crippen molar-refractivity contribution in [2.45, 2.75) is 55.2 Å². The molecular formula is C21H33N3O3S. The molecule has 1 aliphatic carbocycles. The first-order chi connectivity index (χ1) is 13.3. The monoisotopic (exact) mass is 407 g/mol. The van der Waals surface area contributed by atoms with Crippen LogP contribution in [-0.2, 0) is 16.4 Å². The summed E-state index contributed by atoms with van der Waals surface area (Å²) in [6.45, 7) is 1.23. The Morgan fingerprint density at radius 3 is 2.50 bits per heavy atom. The van der Waals surface area contributed by atoms with Crippen LogP contribution < -0.4 is 5.73 Å². The molecule has 2 amide bonds. The predicted octanol–water partition coefficient (Wildman–Crippen LogP) is 2.87. The van der Waals surface area contributed by atoms with E-state index in [1.807, 2.05) is 6.07 Å². The minimum Gasteiger partial charge on any atom is -0.331 e. The Balaban J connectivity index is 1.89. The number of benzene rings is 1. The summed E-state index contributed by atoms with van der Waals surface area (Å²) in [7, 11) is -0.0803. The molecule has 7 heteroatoms. The van der Waals surface area contributed by atoms with Crippen LogP contribution in [0, 0.1) is 11.8 Å². The van der Waals surface area contributed by atoms with Gasteiger partial charge in [0.1, 0.15) is 0 Å². The molecule has 156 valence electrons. The van der Waals surface area contributed by atoms with Crippen LogP contribution in [0.4, 0.5) is 4.79 Å². The molecule has 1 saturated heterocycles. The van der Waals surface area contributed by atoms with E-state index in [1.54, 1.807) is 42.1 Å². The number of carbonyl (C=O) groups is 1. The van der Waals surface area contributed by atoms with E-state index in [0.29, 0.717) is 30.3 Å². The third kappa shape index (κ3) is 4.51. The van der Waals surface area contributed by atoms with Gasteiger partial charge in [-0.25, -0.2) is 13.2 Å². The number of hydrogen-bond acceptors (Lipinski definition) is 4. The number of rotatable bonds is 4. The molecule has 2 N–H and O–H groups in total. The summed E-state index contributed by atoms with van der Waals surface area (Å²) in [5.74, 6) is 0.759. The van der Waals surface area contributed by atoms with Gasteiger partial charge >= 0.3 is 6.03 Å². The maximum Gasteiger partial charge on any atom is 0.319 e. The smallest absolute Gasteiger partial charge is 0.319 e. The van der Waals surface area contributed by atoms with Gasteiger partial charge in [-0.15, -0.1) is 0 Å². The first kappa shape index (κ1) is 21.1. The SMILES string of the molecule is CN(C)C(=O)N1C[C@@H](C2CCCCC2)C[C@@H](S(=O)(=O)c2cccc(CN)c2)C1. The van der Waals surface area contributed by atoms with Gasteiger partial charge in [0, 0.05) is 33.7 Å². The Morgan fingerprint density at radius 2 is 1.86 bits per heavy atom. The third-order valence-corrected chi connectivity index (χ3v) is 8.45. The summed E-state index contributed by atoms with van der Waals surface area (Å²) in [5.41, 5.74) is 6.51. The van der Waals surface area contributed by atoms with E-state index in [4.69, 9.17) is 5.73 Å². The van der Waals surface area contributed by atoms with Gasteiger partial charge in [0.15, 0.2) is 9.84 Å². The van der Waals surface area contributed by atoms with Gasteiger partial charge in [-0.3, -0.25) is 0 Å². The largest absolute Gasteiger partial charge is 0.331 e. The molecule has 3 rings (SSSR count). The molecule has 1 heterocycles. The summed E-state index contributed by atoms with van der Waals surface area (Å²) in [5, 5.41) is -0.565. The van der Waals surface area contributed by atoms with Crippen LogP contribution >= 0.6 is 0 Å². The second kappa shape index (κ2) is 8.82. The lowest BCUT2D eigenvalue weighted by Crippen LogP contribution is -2.53. The van der Waals surface area contributed by atoms with Crippen LogP contribution in [0.3, 0.4) is 0 Å². The fourth-order valence-electron chi connectivity index (χ4n) is 4.74. The minimum atomic E-state index is -3.53. The van der Waals surface area contributed by atoms with Crippen molar-refractivity contribution in [1.82, 2.24) is 9.80 Å². The molecule has 0 bridgehead atoms. The lowest BCUT2D eigenvalue weighted by atomic mass is 9.76. The van der Waals surface area contributed by atoms with E-state index in [2.05, 4.69) is 0 Å². The molecule has 2 fully saturated rings. The molecule has 1 aromatic carbocycles. The quantitative estimate of drug-likeness (QED) is 0.832. The van der Waals surface area contributed by atoms with E-state index in [0.717, 1.165) is 18.4 Å². The van der Waals surface area contributed by atoms with Crippen molar-refractivity contribution < 1.29 is 13.2 Å². The Bertz CT molecular complexity index is 788. The average Bonchev–Trinajstić information content (AvgIpc) is 2.73. The molecule has 6 nitrogen and oxygen atoms in total. The number of urea groups is 1. The number of sulfone groups is 1. The number of amides is 2. The van der Waals surface area contributed by atoms with Gasteiger partial charge in [-0.05, 0) is 36.0 Å². The fraction of sp³-hybridized carbons (Fsp3) is 0.667. The standard InChI is InChI=1S/C21H33N3O3S/c1-23(2)21(25)24-14-18(17-8-4-3-5-9-17)12-20(15-24)28(26,27)19-10-6-7-16(11-19)13-22/h6-7,10-11,17-18,20H,3-5,8-9,12-15,22H2,1-2H3/t18-,20+/m0/s1. The number of piperidine rings is 1. The van der Waals surface area contributed by atoms with Crippen LogP contribution in [0.25, 0.3) is 0 Å². The van der Waals surface area contributed by atoms with E-state index in [1.165, 1.54) is 19.3 Å². The zero-order valence-corrected chi connectivity index (χ0v) is 17.8. The maximum atomic E-state index is 13.4. The number of nitrogens with two attached hydrogens (primary N) is 1. The zero-order chi connectivity index (χ0) is 20.3. The molecule has 2 atom stereocenters. The number of hydrogen-bond donors (Lipinski definition) is 1. The highest BCUT2D eigenvalue weighted by atomic mass is 32.2. The van der Waals surface area contributed by atoms with Gasteiger partial charge in [0.25, 0.3) is 0 Å². The maximum absolute atomic E-state index is 13.4. The van der Waals surface area contributed by atoms with Crippen LogP contribution in [0.1, 0.15) is 44.1 Å². The summed E-state index contributed by atoms with van der Waals surface area (Å²) >= 11 is 0. The van der Waals surface area contributed by atoms with Gasteiger partial charge in [0.05, 0.1) is 10.1 Å². The minimum absolute atomic E-state index is 0.101. The molecule has 2 aliphatic rings. The summed E-state index contributed by atoms with van der Waals surface area (Å²) in [4.78, 5) is 16.3. The number of carbonyl (C=O) groups excluding carboxylic acids is 1. The van der Waals surface area contributed by atoms with Crippen molar-refractivity contribution in [3.05, 3.63) is 29.8 Å². The lowest BCUT2D eigenvalue weighted by molar-refractivity contribution is 0.113. The molecule has 28 heavy (non-hydrogen) atoms. The highest BCUT2D eigenvalue weighted by Crippen LogP contribution is 2.37. The fourth-order valence-corrected chi connectivity index (χ4v) is 6.59. The summed E-state index contributed by atoms with van der Waals surface area (Å²) in [6, 6.07) is 6.82. The second-order valence-electron chi connectivity index (χ2n) is 8.49. The Hall–Kier alpha value is -1.60. The van der Waals surface area contributed by atoms with Gasteiger partial charge in [-0.1, -0.05) is 44.2 Å². The Labute approximate surface area is 169 Å². The average molecular weight is 408 g/mol. The van der Waals surface area contributed by atoms with Gasteiger partial charge in [-0.2, -0.15) is 0 Å². The summed E-state index contributed by atoms with van der Waals surface area (Å²) < 4.78 is 26.9. The van der Waals surface area contributed by atoms with Crippen LogP contribution in [0.2, 0.25) is 0 Å². The molecule has 1 aromatic rings. The van der Waals surface area contributed by atoms with Gasteiger partial charge in [0.2, 0.25) is 0 Å². The van der Waals surface area contributed by atoms with Crippen molar-refractivity contribution in [3.63, 3.8) is 0 Å². The van der Waals surface area contributed by atoms with Crippen molar-refractivity contribution in [3.8, 4) is 0 Å². The predicted molar refractivity (Wildman–Crippen MR) is 111 cm³/mol. The van der Waals surface area contributed by atoms with Crippen LogP contribution in [-0.4, -0.2) is 56.7 Å². The number of likely N-dealkylation sites (tertiary alicyclic amines) is 1. The van der Waals surface area contributed by atoms with E-state index in [9.17, 15) is 13.2 Å². The van der Waals surface area contributed by atoms with Crippen molar-refractivity contribution in [2.75, 3.05) is 27.2 Å². The highest BCUT2D eigenvalue weighted by Gasteiger charge is 2.41. The van der Waals surface area contributed by atoms with E-state index >= 15 is 0 Å². The number of nitrogens with zero attached hydrogens (tertiary/aromatic N) is 2. The van der Waals surface area contributed by atoms with Crippen molar-refractivity contribution >= 4 is 15.9 Å². The lowest BCUT2D eigenvalue weighted by Gasteiger charge is -2.42. The van der Waals surface area contributed by atoms with E-state index < -0.39 is 15.1 Å². The first-order valence-electron chi connectivity index (χ1n) is 10.3. The van der Waals surface area contributed by atoms with Crippen molar-refractivity contribution in [2.24, 2.45) is 17.6 Å². The molecule has 0 radical (unpaired) electrons. The zero-order valence-electron chi connectivity index (χ0n) is 17.0. The first-order valence-corrected chi connectivity index (χ1v) is 11.9. The molecule has 1 saturated carbocycles. The molecule has 1 aliphatic heterocycles. The Morgan fingerprint density at radius 1 is 1.14 bits per heavy atom. The van der Waals surface area contributed by atoms with Crippen molar-refractivity contribution in [1.29, 1.82) is 0 Å². The van der Waals surface area contributed by atoms with E-state index in [-0.39, 0.29) is 18.5 Å². The van der Waals surface area contributed by atoms with Crippen LogP contribution in [0.15, 0.2) is 29.2 Å².